The van der Waals surface area contributed by atoms with Gasteiger partial charge in [-0.3, -0.25) is 14.5 Å². The molecule has 4 rings (SSSR count). The molecule has 2 heterocycles. The molecule has 0 aliphatic heterocycles. The number of hydrogen-bond acceptors (Lipinski definition) is 4. The van der Waals surface area contributed by atoms with Crippen molar-refractivity contribution in [2.45, 2.75) is 39.8 Å². The fraction of sp³-hybridized carbons (Fsp3) is 0.304. The number of aryl methyl sites for hydroxylation is 1. The van der Waals surface area contributed by atoms with Crippen LogP contribution in [0.25, 0.3) is 22.4 Å². The zero-order chi connectivity index (χ0) is 22.0. The van der Waals surface area contributed by atoms with Crippen molar-refractivity contribution >= 4 is 29.2 Å². The van der Waals surface area contributed by atoms with E-state index in [0.29, 0.717) is 11.3 Å². The number of hydrogen-bond donors (Lipinski definition) is 3. The lowest BCUT2D eigenvalue weighted by atomic mass is 10.0. The predicted octanol–water partition coefficient (Wildman–Crippen LogP) is 4.70. The number of aromatic nitrogens is 5. The van der Waals surface area contributed by atoms with Crippen molar-refractivity contribution in [3.05, 3.63) is 64.7 Å². The van der Waals surface area contributed by atoms with E-state index >= 15 is 0 Å². The molecule has 8 heteroatoms. The molecule has 0 aliphatic rings. The molecule has 3 N–H and O–H groups in total. The number of imidazole rings is 1. The van der Waals surface area contributed by atoms with Crippen LogP contribution in [-0.4, -0.2) is 30.6 Å². The first kappa shape index (κ1) is 21.0. The Morgan fingerprint density at radius 2 is 2.00 bits per heavy atom. The molecule has 1 atom stereocenters. The van der Waals surface area contributed by atoms with E-state index in [0.717, 1.165) is 33.8 Å². The van der Waals surface area contributed by atoms with E-state index in [2.05, 4.69) is 45.4 Å². The van der Waals surface area contributed by atoms with Gasteiger partial charge in [0.1, 0.15) is 5.82 Å². The Labute approximate surface area is 185 Å². The Kier molecular flexibility index (Phi) is 5.99. The van der Waals surface area contributed by atoms with E-state index in [1.165, 1.54) is 0 Å². The number of carbonyl (C=O) groups is 1. The normalized spacial score (nSPS) is 12.4. The molecular weight excluding hydrogens is 408 g/mol. The van der Waals surface area contributed by atoms with Crippen LogP contribution in [0.1, 0.15) is 37.7 Å². The molecule has 4 aromatic rings. The Morgan fingerprint density at radius 1 is 1.19 bits per heavy atom. The summed E-state index contributed by atoms with van der Waals surface area (Å²) in [6.45, 7) is 6.61. The third-order valence-electron chi connectivity index (χ3n) is 5.28. The number of nitrogens with one attached hydrogen (secondary N) is 3. The number of H-pyrrole nitrogens is 2. The molecule has 0 radical (unpaired) electrons. The van der Waals surface area contributed by atoms with Gasteiger partial charge in [0.25, 0.3) is 0 Å². The molecule has 160 valence electrons. The number of amides is 1. The summed E-state index contributed by atoms with van der Waals surface area (Å²) in [5.41, 5.74) is 3.96. The second-order valence-electron chi connectivity index (χ2n) is 8.05. The van der Waals surface area contributed by atoms with Gasteiger partial charge in [-0.2, -0.15) is 5.10 Å². The molecule has 1 unspecified atom stereocenters. The average Bonchev–Trinajstić information content (AvgIpc) is 3.33. The summed E-state index contributed by atoms with van der Waals surface area (Å²) in [7, 11) is 0. The van der Waals surface area contributed by atoms with Crippen LogP contribution in [-0.2, 0) is 11.3 Å². The van der Waals surface area contributed by atoms with Crippen LogP contribution >= 0.6 is 12.2 Å². The van der Waals surface area contributed by atoms with Crippen LogP contribution in [0.15, 0.2) is 48.5 Å². The SMILES string of the molecule is Cc1cccc(-c2n[nH]c(=S)n2CCC(=O)NC(c2nc3ccccc3[nH]2)C(C)C)c1. The summed E-state index contributed by atoms with van der Waals surface area (Å²) in [6, 6.07) is 15.7. The lowest BCUT2D eigenvalue weighted by Gasteiger charge is -2.20. The third-order valence-corrected chi connectivity index (χ3v) is 5.59. The maximum atomic E-state index is 12.8. The number of carbonyl (C=O) groups excluding carboxylic acids is 1. The van der Waals surface area contributed by atoms with Crippen LogP contribution < -0.4 is 5.32 Å². The number of fused-ring (bicyclic) bond motifs is 1. The molecule has 0 saturated carbocycles. The highest BCUT2D eigenvalue weighted by Crippen LogP contribution is 2.23. The number of aromatic amines is 2. The fourth-order valence-electron chi connectivity index (χ4n) is 3.66. The molecule has 31 heavy (non-hydrogen) atoms. The molecule has 1 amide bonds. The van der Waals surface area contributed by atoms with Crippen LogP contribution in [0.3, 0.4) is 0 Å². The van der Waals surface area contributed by atoms with E-state index in [1.807, 2.05) is 54.0 Å². The first-order valence-electron chi connectivity index (χ1n) is 10.4. The van der Waals surface area contributed by atoms with Gasteiger partial charge in [-0.25, -0.2) is 4.98 Å². The largest absolute Gasteiger partial charge is 0.346 e. The first-order valence-corrected chi connectivity index (χ1v) is 10.8. The highest BCUT2D eigenvalue weighted by Gasteiger charge is 2.22. The van der Waals surface area contributed by atoms with E-state index in [1.54, 1.807) is 0 Å². The van der Waals surface area contributed by atoms with Gasteiger partial charge >= 0.3 is 0 Å². The fourth-order valence-corrected chi connectivity index (χ4v) is 3.88. The van der Waals surface area contributed by atoms with Crippen LogP contribution in [0.5, 0.6) is 0 Å². The monoisotopic (exact) mass is 434 g/mol. The minimum absolute atomic E-state index is 0.0579. The molecule has 0 bridgehead atoms. The molecular formula is C23H26N6OS. The van der Waals surface area contributed by atoms with Gasteiger partial charge in [-0.15, -0.1) is 0 Å². The van der Waals surface area contributed by atoms with Crippen molar-refractivity contribution in [2.24, 2.45) is 5.92 Å². The summed E-state index contributed by atoms with van der Waals surface area (Å²) in [6.07, 6.45) is 0.288. The topological polar surface area (TPSA) is 91.4 Å². The summed E-state index contributed by atoms with van der Waals surface area (Å²) in [5, 5.41) is 10.3. The summed E-state index contributed by atoms with van der Waals surface area (Å²) in [5.74, 6) is 1.63. The number of rotatable bonds is 7. The summed E-state index contributed by atoms with van der Waals surface area (Å²) < 4.78 is 2.37. The van der Waals surface area contributed by atoms with Crippen molar-refractivity contribution in [1.29, 1.82) is 0 Å². The molecule has 2 aromatic heterocycles. The lowest BCUT2D eigenvalue weighted by Crippen LogP contribution is -2.33. The average molecular weight is 435 g/mol. The van der Waals surface area contributed by atoms with Crippen molar-refractivity contribution in [1.82, 2.24) is 30.0 Å². The van der Waals surface area contributed by atoms with Crippen molar-refractivity contribution in [3.8, 4) is 11.4 Å². The highest BCUT2D eigenvalue weighted by molar-refractivity contribution is 7.71. The maximum absolute atomic E-state index is 12.8. The van der Waals surface area contributed by atoms with E-state index in [-0.39, 0.29) is 24.3 Å². The zero-order valence-corrected chi connectivity index (χ0v) is 18.7. The van der Waals surface area contributed by atoms with Gasteiger partial charge in [0.05, 0.1) is 17.1 Å². The quantitative estimate of drug-likeness (QED) is 0.368. The van der Waals surface area contributed by atoms with Gasteiger partial charge in [0, 0.05) is 18.5 Å². The molecule has 0 spiro atoms. The molecule has 0 saturated heterocycles. The smallest absolute Gasteiger partial charge is 0.222 e. The molecule has 0 aliphatic carbocycles. The van der Waals surface area contributed by atoms with E-state index < -0.39 is 0 Å². The van der Waals surface area contributed by atoms with Gasteiger partial charge in [-0.05, 0) is 43.3 Å². The number of nitrogens with zero attached hydrogens (tertiary/aromatic N) is 3. The van der Waals surface area contributed by atoms with Gasteiger partial charge in [-0.1, -0.05) is 49.7 Å². The standard InChI is InChI=1S/C23H26N6OS/c1-14(2)20(21-24-17-9-4-5-10-18(17)25-21)26-19(30)11-12-29-22(27-28-23(29)31)16-8-6-7-15(3)13-16/h4-10,13-14,20H,11-12H2,1-3H3,(H,24,25)(H,26,30)(H,28,31). The van der Waals surface area contributed by atoms with Gasteiger partial charge < -0.3 is 10.3 Å². The number of para-hydroxylation sites is 2. The van der Waals surface area contributed by atoms with Crippen LogP contribution in [0.4, 0.5) is 0 Å². The Balaban J connectivity index is 1.48. The van der Waals surface area contributed by atoms with Crippen LogP contribution in [0, 0.1) is 17.6 Å². The van der Waals surface area contributed by atoms with Crippen molar-refractivity contribution in [2.75, 3.05) is 0 Å². The molecule has 0 fully saturated rings. The number of benzene rings is 2. The third kappa shape index (κ3) is 4.59. The van der Waals surface area contributed by atoms with E-state index in [4.69, 9.17) is 12.2 Å². The first-order chi connectivity index (χ1) is 14.9. The Morgan fingerprint density at radius 3 is 2.74 bits per heavy atom. The minimum atomic E-state index is -0.200. The second-order valence-corrected chi connectivity index (χ2v) is 8.44. The summed E-state index contributed by atoms with van der Waals surface area (Å²) in [4.78, 5) is 20.8. The molecule has 7 nitrogen and oxygen atoms in total. The molecule has 2 aromatic carbocycles. The van der Waals surface area contributed by atoms with Crippen molar-refractivity contribution in [3.63, 3.8) is 0 Å². The van der Waals surface area contributed by atoms with Gasteiger partial charge in [0.15, 0.2) is 10.6 Å². The van der Waals surface area contributed by atoms with Gasteiger partial charge in [0.2, 0.25) is 5.91 Å². The minimum Gasteiger partial charge on any atom is -0.346 e. The second kappa shape index (κ2) is 8.85. The summed E-state index contributed by atoms with van der Waals surface area (Å²) >= 11 is 5.40. The maximum Gasteiger partial charge on any atom is 0.222 e. The Bertz CT molecular complexity index is 1240. The zero-order valence-electron chi connectivity index (χ0n) is 17.8. The van der Waals surface area contributed by atoms with E-state index in [9.17, 15) is 4.79 Å². The Hall–Kier alpha value is -3.26. The lowest BCUT2D eigenvalue weighted by molar-refractivity contribution is -0.122. The highest BCUT2D eigenvalue weighted by atomic mass is 32.1. The predicted molar refractivity (Wildman–Crippen MR) is 124 cm³/mol. The van der Waals surface area contributed by atoms with Crippen LogP contribution in [0.2, 0.25) is 0 Å². The van der Waals surface area contributed by atoms with Crippen molar-refractivity contribution < 1.29 is 4.79 Å².